The topological polar surface area (TPSA) is 32.3 Å². The summed E-state index contributed by atoms with van der Waals surface area (Å²) in [6.45, 7) is 6.30. The third-order valence-corrected chi connectivity index (χ3v) is 1.94. The molecule has 2 N–H and O–H groups in total. The zero-order valence-corrected chi connectivity index (χ0v) is 7.93. The molecule has 0 bridgehead atoms. The first-order chi connectivity index (χ1) is 5.24. The van der Waals surface area contributed by atoms with Crippen LogP contribution in [0.25, 0.3) is 0 Å². The lowest BCUT2D eigenvalue weighted by atomic mass is 10.1. The lowest BCUT2D eigenvalue weighted by molar-refractivity contribution is 0.115. The monoisotopic (exact) mass is 159 g/mol. The van der Waals surface area contributed by atoms with E-state index in [-0.39, 0.29) is 6.23 Å². The predicted molar refractivity (Wildman–Crippen MR) is 48.4 cm³/mol. The molecule has 0 aromatic rings. The molecule has 0 saturated heterocycles. The quantitative estimate of drug-likeness (QED) is 0.580. The Hall–Kier alpha value is -0.0800. The van der Waals surface area contributed by atoms with Crippen molar-refractivity contribution in [2.24, 2.45) is 0 Å². The summed E-state index contributed by atoms with van der Waals surface area (Å²) in [6, 6.07) is 0.495. The van der Waals surface area contributed by atoms with Gasteiger partial charge in [0.2, 0.25) is 0 Å². The highest BCUT2D eigenvalue weighted by Gasteiger charge is 2.07. The highest BCUT2D eigenvalue weighted by atomic mass is 16.3. The van der Waals surface area contributed by atoms with E-state index >= 15 is 0 Å². The molecule has 0 aromatic heterocycles. The van der Waals surface area contributed by atoms with Gasteiger partial charge in [-0.1, -0.05) is 27.2 Å². The molecule has 68 valence electrons. The van der Waals surface area contributed by atoms with Crippen molar-refractivity contribution in [3.63, 3.8) is 0 Å². The Bertz CT molecular complexity index is 85.6. The Balaban J connectivity index is 3.49. The van der Waals surface area contributed by atoms with E-state index in [0.717, 1.165) is 19.3 Å². The minimum Gasteiger partial charge on any atom is -0.379 e. The van der Waals surface area contributed by atoms with Gasteiger partial charge in [0.15, 0.2) is 0 Å². The third kappa shape index (κ3) is 5.22. The predicted octanol–water partition coefficient (Wildman–Crippen LogP) is 1.88. The maximum absolute atomic E-state index is 9.27. The van der Waals surface area contributed by atoms with E-state index in [1.165, 1.54) is 6.42 Å². The summed E-state index contributed by atoms with van der Waals surface area (Å²) in [5.41, 5.74) is 0. The summed E-state index contributed by atoms with van der Waals surface area (Å²) >= 11 is 0. The standard InChI is InChI=1S/C9H21NO/c1-4-7-8(5-2)10-9(11)6-3/h8-11H,4-7H2,1-3H3. The Kier molecular flexibility index (Phi) is 6.57. The molecular formula is C9H21NO. The Morgan fingerprint density at radius 1 is 1.18 bits per heavy atom. The van der Waals surface area contributed by atoms with Crippen molar-refractivity contribution in [3.8, 4) is 0 Å². The number of rotatable bonds is 6. The Labute approximate surface area is 70.0 Å². The number of aliphatic hydroxyl groups is 1. The van der Waals surface area contributed by atoms with Gasteiger partial charge in [-0.2, -0.15) is 0 Å². The van der Waals surface area contributed by atoms with Gasteiger partial charge < -0.3 is 5.11 Å². The van der Waals surface area contributed by atoms with Crippen LogP contribution >= 0.6 is 0 Å². The molecule has 2 heteroatoms. The summed E-state index contributed by atoms with van der Waals surface area (Å²) in [5.74, 6) is 0. The molecule has 0 aromatic carbocycles. The lowest BCUT2D eigenvalue weighted by Crippen LogP contribution is -2.37. The summed E-state index contributed by atoms with van der Waals surface area (Å²) < 4.78 is 0. The van der Waals surface area contributed by atoms with E-state index in [1.807, 2.05) is 6.92 Å². The van der Waals surface area contributed by atoms with Gasteiger partial charge in [-0.15, -0.1) is 0 Å². The fraction of sp³-hybridized carbons (Fsp3) is 1.00. The van der Waals surface area contributed by atoms with Crippen LogP contribution in [0.2, 0.25) is 0 Å². The number of hydrogen-bond acceptors (Lipinski definition) is 2. The van der Waals surface area contributed by atoms with Crippen molar-refractivity contribution in [2.45, 2.75) is 58.7 Å². The first-order valence-corrected chi connectivity index (χ1v) is 4.68. The molecule has 2 nitrogen and oxygen atoms in total. The van der Waals surface area contributed by atoms with Gasteiger partial charge in [-0.3, -0.25) is 5.32 Å². The minimum atomic E-state index is -0.313. The molecule has 2 atom stereocenters. The van der Waals surface area contributed by atoms with Crippen LogP contribution in [-0.4, -0.2) is 17.4 Å². The zero-order valence-electron chi connectivity index (χ0n) is 7.93. The highest BCUT2D eigenvalue weighted by molar-refractivity contribution is 4.65. The number of aliphatic hydroxyl groups excluding tert-OH is 1. The van der Waals surface area contributed by atoms with Crippen LogP contribution in [0.4, 0.5) is 0 Å². The van der Waals surface area contributed by atoms with Crippen molar-refractivity contribution in [1.29, 1.82) is 0 Å². The minimum absolute atomic E-state index is 0.313. The summed E-state index contributed by atoms with van der Waals surface area (Å²) in [6.07, 6.45) is 3.92. The van der Waals surface area contributed by atoms with Gasteiger partial charge in [-0.05, 0) is 19.3 Å². The average molecular weight is 159 g/mol. The van der Waals surface area contributed by atoms with Crippen molar-refractivity contribution in [1.82, 2.24) is 5.32 Å². The summed E-state index contributed by atoms with van der Waals surface area (Å²) in [4.78, 5) is 0. The Morgan fingerprint density at radius 2 is 1.82 bits per heavy atom. The van der Waals surface area contributed by atoms with E-state index in [0.29, 0.717) is 6.04 Å². The normalized spacial score (nSPS) is 16.4. The summed E-state index contributed by atoms with van der Waals surface area (Å²) in [5, 5.41) is 12.4. The van der Waals surface area contributed by atoms with Crippen LogP contribution in [0.3, 0.4) is 0 Å². The average Bonchev–Trinajstić information content (AvgIpc) is 2.03. The molecule has 0 amide bonds. The van der Waals surface area contributed by atoms with Gasteiger partial charge in [0.1, 0.15) is 6.23 Å². The highest BCUT2D eigenvalue weighted by Crippen LogP contribution is 2.02. The van der Waals surface area contributed by atoms with Gasteiger partial charge in [0, 0.05) is 6.04 Å². The Morgan fingerprint density at radius 3 is 2.18 bits per heavy atom. The van der Waals surface area contributed by atoms with E-state index < -0.39 is 0 Å². The smallest absolute Gasteiger partial charge is 0.104 e. The van der Waals surface area contributed by atoms with Gasteiger partial charge in [0.25, 0.3) is 0 Å². The van der Waals surface area contributed by atoms with E-state index in [2.05, 4.69) is 19.2 Å². The van der Waals surface area contributed by atoms with Crippen LogP contribution in [0, 0.1) is 0 Å². The maximum atomic E-state index is 9.27. The second kappa shape index (κ2) is 6.62. The summed E-state index contributed by atoms with van der Waals surface area (Å²) in [7, 11) is 0. The second-order valence-electron chi connectivity index (χ2n) is 2.98. The van der Waals surface area contributed by atoms with Crippen LogP contribution < -0.4 is 5.32 Å². The van der Waals surface area contributed by atoms with Gasteiger partial charge in [0.05, 0.1) is 0 Å². The number of nitrogens with one attached hydrogen (secondary N) is 1. The number of hydrogen-bond donors (Lipinski definition) is 2. The molecule has 0 radical (unpaired) electrons. The first kappa shape index (κ1) is 10.9. The van der Waals surface area contributed by atoms with E-state index in [9.17, 15) is 5.11 Å². The van der Waals surface area contributed by atoms with Crippen LogP contribution in [-0.2, 0) is 0 Å². The van der Waals surface area contributed by atoms with Gasteiger partial charge in [-0.25, -0.2) is 0 Å². The van der Waals surface area contributed by atoms with Crippen molar-refractivity contribution in [3.05, 3.63) is 0 Å². The third-order valence-electron chi connectivity index (χ3n) is 1.94. The lowest BCUT2D eigenvalue weighted by Gasteiger charge is -2.19. The van der Waals surface area contributed by atoms with Gasteiger partial charge >= 0.3 is 0 Å². The van der Waals surface area contributed by atoms with Crippen molar-refractivity contribution in [2.75, 3.05) is 0 Å². The molecule has 0 aliphatic heterocycles. The molecule has 0 saturated carbocycles. The fourth-order valence-corrected chi connectivity index (χ4v) is 1.14. The molecule has 0 fully saturated rings. The molecule has 0 heterocycles. The van der Waals surface area contributed by atoms with E-state index in [4.69, 9.17) is 0 Å². The van der Waals surface area contributed by atoms with E-state index in [1.54, 1.807) is 0 Å². The SMILES string of the molecule is CCCC(CC)NC(O)CC. The van der Waals surface area contributed by atoms with Crippen molar-refractivity contribution < 1.29 is 5.11 Å². The second-order valence-corrected chi connectivity index (χ2v) is 2.98. The molecule has 0 spiro atoms. The molecule has 0 aliphatic rings. The molecule has 11 heavy (non-hydrogen) atoms. The first-order valence-electron chi connectivity index (χ1n) is 4.68. The molecular weight excluding hydrogens is 138 g/mol. The largest absolute Gasteiger partial charge is 0.379 e. The molecule has 0 rings (SSSR count). The molecule has 0 aliphatic carbocycles. The van der Waals surface area contributed by atoms with Crippen LogP contribution in [0.5, 0.6) is 0 Å². The zero-order chi connectivity index (χ0) is 8.69. The maximum Gasteiger partial charge on any atom is 0.104 e. The fourth-order valence-electron chi connectivity index (χ4n) is 1.14. The van der Waals surface area contributed by atoms with Crippen molar-refractivity contribution >= 4 is 0 Å². The van der Waals surface area contributed by atoms with Crippen LogP contribution in [0.1, 0.15) is 46.5 Å². The molecule has 2 unspecified atom stereocenters. The van der Waals surface area contributed by atoms with Crippen LogP contribution in [0.15, 0.2) is 0 Å².